The zero-order chi connectivity index (χ0) is 17.2. The lowest BCUT2D eigenvalue weighted by molar-refractivity contribution is 1.01. The highest BCUT2D eigenvalue weighted by Gasteiger charge is 2.09. The molecule has 4 aromatic rings. The third kappa shape index (κ3) is 3.64. The fraction of sp³-hybridized carbons (Fsp3) is 0.176. The van der Waals surface area contributed by atoms with Gasteiger partial charge in [-0.15, -0.1) is 10.2 Å². The molecule has 0 atom stereocenters. The van der Waals surface area contributed by atoms with Gasteiger partial charge in [-0.1, -0.05) is 40.8 Å². The average Bonchev–Trinajstić information content (AvgIpc) is 3.21. The molecule has 126 valence electrons. The molecule has 0 amide bonds. The molecule has 0 aliphatic heterocycles. The summed E-state index contributed by atoms with van der Waals surface area (Å²) in [4.78, 5) is 8.72. The van der Waals surface area contributed by atoms with Crippen molar-refractivity contribution in [1.82, 2.24) is 24.6 Å². The predicted molar refractivity (Wildman–Crippen MR) is 102 cm³/mol. The first-order chi connectivity index (χ1) is 12.2. The van der Waals surface area contributed by atoms with E-state index in [0.717, 1.165) is 26.6 Å². The summed E-state index contributed by atoms with van der Waals surface area (Å²) < 4.78 is 2.83. The molecular weight excluding hydrogens is 352 g/mol. The van der Waals surface area contributed by atoms with Gasteiger partial charge in [0.2, 0.25) is 10.9 Å². The molecule has 3 heterocycles. The van der Waals surface area contributed by atoms with Crippen molar-refractivity contribution in [1.29, 1.82) is 0 Å². The van der Waals surface area contributed by atoms with Crippen LogP contribution < -0.4 is 5.32 Å². The molecular formula is C17H16N6S2. The van der Waals surface area contributed by atoms with Gasteiger partial charge in [0.25, 0.3) is 0 Å². The van der Waals surface area contributed by atoms with Gasteiger partial charge in [0.15, 0.2) is 4.34 Å². The molecule has 8 heteroatoms. The summed E-state index contributed by atoms with van der Waals surface area (Å²) in [5.74, 6) is 1.45. The van der Waals surface area contributed by atoms with Crippen molar-refractivity contribution in [2.45, 2.75) is 23.9 Å². The fourth-order valence-corrected chi connectivity index (χ4v) is 4.12. The van der Waals surface area contributed by atoms with Crippen molar-refractivity contribution in [3.05, 3.63) is 59.7 Å². The maximum Gasteiger partial charge on any atom is 0.233 e. The van der Waals surface area contributed by atoms with Crippen LogP contribution in [0.25, 0.3) is 5.78 Å². The minimum Gasteiger partial charge on any atom is -0.330 e. The largest absolute Gasteiger partial charge is 0.330 e. The summed E-state index contributed by atoms with van der Waals surface area (Å²) in [5.41, 5.74) is 4.48. The minimum absolute atomic E-state index is 0.715. The van der Waals surface area contributed by atoms with E-state index in [-0.39, 0.29) is 0 Å². The molecule has 0 aliphatic carbocycles. The Balaban J connectivity index is 1.42. The van der Waals surface area contributed by atoms with Gasteiger partial charge < -0.3 is 5.32 Å². The Kier molecular flexibility index (Phi) is 4.37. The van der Waals surface area contributed by atoms with Gasteiger partial charge in [0.05, 0.1) is 5.69 Å². The summed E-state index contributed by atoms with van der Waals surface area (Å²) in [6, 6.07) is 8.20. The Bertz CT molecular complexity index is 990. The van der Waals surface area contributed by atoms with Gasteiger partial charge in [0.1, 0.15) is 0 Å². The van der Waals surface area contributed by atoms with Crippen LogP contribution in [-0.4, -0.2) is 24.6 Å². The number of aromatic nitrogens is 5. The highest BCUT2D eigenvalue weighted by atomic mass is 32.2. The quantitative estimate of drug-likeness (QED) is 0.532. The number of anilines is 2. The summed E-state index contributed by atoms with van der Waals surface area (Å²) in [6.45, 7) is 4.18. The summed E-state index contributed by atoms with van der Waals surface area (Å²) in [7, 11) is 0. The van der Waals surface area contributed by atoms with Crippen molar-refractivity contribution in [2.24, 2.45) is 0 Å². The lowest BCUT2D eigenvalue weighted by Gasteiger charge is -2.06. The van der Waals surface area contributed by atoms with E-state index in [1.807, 2.05) is 22.9 Å². The van der Waals surface area contributed by atoms with E-state index in [4.69, 9.17) is 0 Å². The fourth-order valence-electron chi connectivity index (χ4n) is 2.47. The first-order valence-corrected chi connectivity index (χ1v) is 9.57. The lowest BCUT2D eigenvalue weighted by Crippen LogP contribution is -1.92. The van der Waals surface area contributed by atoms with Crippen molar-refractivity contribution in [3.8, 4) is 0 Å². The second-order valence-corrected chi connectivity index (χ2v) is 7.86. The van der Waals surface area contributed by atoms with Crippen LogP contribution in [0.2, 0.25) is 0 Å². The number of aryl methyl sites for hydroxylation is 2. The van der Waals surface area contributed by atoms with E-state index in [9.17, 15) is 0 Å². The van der Waals surface area contributed by atoms with Crippen LogP contribution in [-0.2, 0) is 5.75 Å². The SMILES string of the molecule is Cc1ccc(Nc2nnc(SCc3cn4cccnc4n3)s2)c(C)c1. The normalized spacial score (nSPS) is 11.1. The zero-order valence-corrected chi connectivity index (χ0v) is 15.4. The van der Waals surface area contributed by atoms with Crippen LogP contribution in [0.5, 0.6) is 0 Å². The molecule has 0 saturated carbocycles. The molecule has 1 aromatic carbocycles. The highest BCUT2D eigenvalue weighted by molar-refractivity contribution is 8.00. The number of nitrogens with one attached hydrogen (secondary N) is 1. The molecule has 25 heavy (non-hydrogen) atoms. The van der Waals surface area contributed by atoms with E-state index in [1.54, 1.807) is 29.3 Å². The number of fused-ring (bicyclic) bond motifs is 1. The van der Waals surface area contributed by atoms with Crippen molar-refractivity contribution >= 4 is 39.7 Å². The number of benzene rings is 1. The lowest BCUT2D eigenvalue weighted by atomic mass is 10.1. The Morgan fingerprint density at radius 3 is 3.00 bits per heavy atom. The number of nitrogens with zero attached hydrogens (tertiary/aromatic N) is 5. The van der Waals surface area contributed by atoms with E-state index < -0.39 is 0 Å². The van der Waals surface area contributed by atoms with E-state index in [2.05, 4.69) is 57.5 Å². The first-order valence-electron chi connectivity index (χ1n) is 7.76. The smallest absolute Gasteiger partial charge is 0.233 e. The van der Waals surface area contributed by atoms with Gasteiger partial charge in [-0.3, -0.25) is 4.40 Å². The third-order valence-corrected chi connectivity index (χ3v) is 5.66. The molecule has 1 N–H and O–H groups in total. The van der Waals surface area contributed by atoms with Crippen LogP contribution >= 0.6 is 23.1 Å². The monoisotopic (exact) mass is 368 g/mol. The van der Waals surface area contributed by atoms with Crippen molar-refractivity contribution in [3.63, 3.8) is 0 Å². The second-order valence-electron chi connectivity index (χ2n) is 5.66. The van der Waals surface area contributed by atoms with Crippen LogP contribution in [0.15, 0.2) is 47.2 Å². The Hall–Kier alpha value is -2.45. The molecule has 0 fully saturated rings. The average molecular weight is 368 g/mol. The first kappa shape index (κ1) is 16.0. The maximum absolute atomic E-state index is 4.49. The molecule has 0 radical (unpaired) electrons. The van der Waals surface area contributed by atoms with E-state index >= 15 is 0 Å². The van der Waals surface area contributed by atoms with Gasteiger partial charge in [-0.25, -0.2) is 9.97 Å². The zero-order valence-electron chi connectivity index (χ0n) is 13.8. The number of rotatable bonds is 5. The van der Waals surface area contributed by atoms with Crippen molar-refractivity contribution < 1.29 is 0 Å². The Labute approximate surface area is 153 Å². The van der Waals surface area contributed by atoms with Crippen LogP contribution in [0, 0.1) is 13.8 Å². The van der Waals surface area contributed by atoms with E-state index in [1.165, 1.54) is 11.1 Å². The molecule has 4 rings (SSSR count). The standard InChI is InChI=1S/C17H16N6S2/c1-11-4-5-14(12(2)8-11)20-16-21-22-17(25-16)24-10-13-9-23-7-3-6-18-15(23)19-13/h3-9H,10H2,1-2H3,(H,20,21). The second kappa shape index (κ2) is 6.81. The summed E-state index contributed by atoms with van der Waals surface area (Å²) in [6.07, 6.45) is 5.68. The molecule has 0 bridgehead atoms. The highest BCUT2D eigenvalue weighted by Crippen LogP contribution is 2.30. The molecule has 0 saturated heterocycles. The molecule has 0 unspecified atom stereocenters. The molecule has 0 aliphatic rings. The molecule has 3 aromatic heterocycles. The van der Waals surface area contributed by atoms with Gasteiger partial charge in [-0.05, 0) is 31.5 Å². The molecule has 0 spiro atoms. The summed E-state index contributed by atoms with van der Waals surface area (Å²) in [5, 5.41) is 12.6. The Morgan fingerprint density at radius 1 is 1.24 bits per heavy atom. The number of hydrogen-bond acceptors (Lipinski definition) is 7. The van der Waals surface area contributed by atoms with Crippen LogP contribution in [0.4, 0.5) is 10.8 Å². The number of hydrogen-bond donors (Lipinski definition) is 1. The number of imidazole rings is 1. The number of thioether (sulfide) groups is 1. The van der Waals surface area contributed by atoms with Gasteiger partial charge >= 0.3 is 0 Å². The minimum atomic E-state index is 0.715. The molecule has 6 nitrogen and oxygen atoms in total. The van der Waals surface area contributed by atoms with Gasteiger partial charge in [-0.2, -0.15) is 0 Å². The van der Waals surface area contributed by atoms with Gasteiger partial charge in [0, 0.05) is 30.0 Å². The Morgan fingerprint density at radius 2 is 2.16 bits per heavy atom. The summed E-state index contributed by atoms with van der Waals surface area (Å²) >= 11 is 3.17. The third-order valence-electron chi connectivity index (χ3n) is 3.66. The predicted octanol–water partition coefficient (Wildman–Crippen LogP) is 4.23. The van der Waals surface area contributed by atoms with Crippen molar-refractivity contribution in [2.75, 3.05) is 5.32 Å². The maximum atomic E-state index is 4.49. The topological polar surface area (TPSA) is 68.0 Å². The van der Waals surface area contributed by atoms with Crippen LogP contribution in [0.3, 0.4) is 0 Å². The van der Waals surface area contributed by atoms with Crippen LogP contribution in [0.1, 0.15) is 16.8 Å². The van der Waals surface area contributed by atoms with E-state index in [0.29, 0.717) is 5.78 Å².